The third-order valence-corrected chi connectivity index (χ3v) is 17.2. The van der Waals surface area contributed by atoms with Crippen molar-refractivity contribution in [3.8, 4) is 0 Å². The number of unbranched alkanes of at least 4 members (excludes halogenated alkanes) is 2. The van der Waals surface area contributed by atoms with Crippen molar-refractivity contribution in [1.82, 2.24) is 46.2 Å². The standard InChI is InChI=1S/C68H105N11O15/c1-15-43(8)59(51(92-13)38-55(83)78-37-23-27-50(78)61(93-14)44(9)62(85)71-45(10)60(84)47-24-18-16-19-25-47)76(11)66(89)57(41(4)5)75-65(88)58(42(6)7)77(12)68(91)94-39-46-29-31-48(32-30-46)72-63(86)49(26-22-35-70-67(69)90)73-64(87)56(40(2)3)74-52(80)28-20-17-21-36-79-53(81)33-34-54(79)82/h16,18-19,24-25,29-34,40-45,49-51,56-61,84H,15,17,20-23,26-28,35-39H2,1-14H3,(H,71,85)(H,72,86)(H,73,87)(H,74,80)(H,75,88)(H3,69,70,90)/t43-,44+,45+,49-,50-,51+,56-,57-,58-,59-,60+,61+/m0/s1/i4D3,5D3,41D,57D. The van der Waals surface area contributed by atoms with Crippen LogP contribution in [-0.2, 0) is 64.0 Å². The van der Waals surface area contributed by atoms with E-state index in [4.69, 9.17) is 28.2 Å². The first-order valence-electron chi connectivity index (χ1n) is 36.1. The number of benzene rings is 2. The van der Waals surface area contributed by atoms with E-state index < -0.39 is 182 Å². The van der Waals surface area contributed by atoms with Crippen LogP contribution in [0, 0.1) is 29.6 Å². The molecule has 2 aromatic carbocycles. The lowest BCUT2D eigenvalue weighted by atomic mass is 9.89. The van der Waals surface area contributed by atoms with Crippen molar-refractivity contribution in [2.24, 2.45) is 35.3 Å². The number of hydrogen-bond donors (Lipinski definition) is 8. The highest BCUT2D eigenvalue weighted by atomic mass is 16.6. The van der Waals surface area contributed by atoms with E-state index in [2.05, 4.69) is 26.6 Å². The van der Waals surface area contributed by atoms with Crippen LogP contribution >= 0.6 is 0 Å². The Kier molecular flexibility index (Phi) is 27.0. The van der Waals surface area contributed by atoms with E-state index in [1.54, 1.807) is 71.9 Å². The minimum Gasteiger partial charge on any atom is -0.445 e. The van der Waals surface area contributed by atoms with Crippen molar-refractivity contribution in [3.63, 3.8) is 0 Å². The second-order valence-electron chi connectivity index (χ2n) is 24.7. The van der Waals surface area contributed by atoms with Gasteiger partial charge in [-0.1, -0.05) is 117 Å². The van der Waals surface area contributed by atoms with Gasteiger partial charge in [0, 0.05) is 81.8 Å². The number of nitrogens with one attached hydrogen (secondary N) is 6. The zero-order chi connectivity index (χ0) is 76.9. The quantitative estimate of drug-likeness (QED) is 0.0321. The average Bonchev–Trinajstić information content (AvgIpc) is 0.821. The fraction of sp³-hybridized carbons (Fsp3) is 0.632. The number of primary amides is 1. The van der Waals surface area contributed by atoms with Gasteiger partial charge in [-0.25, -0.2) is 9.59 Å². The Balaban J connectivity index is 1.52. The number of aliphatic hydroxyl groups excluding tert-OH is 1. The normalized spacial score (nSPS) is 19.4. The van der Waals surface area contributed by atoms with Gasteiger partial charge in [-0.05, 0) is 92.4 Å². The number of likely N-dealkylation sites (tertiary alicyclic amines) is 1. The number of rotatable bonds is 38. The number of urea groups is 1. The molecule has 0 aliphatic carbocycles. The Morgan fingerprint density at radius 1 is 0.777 bits per heavy atom. The SMILES string of the molecule is [2H]C([2H])([2H])C([2H])(C([2H])([2H])[2H])[C@]([2H])(NC(=O)[C@H](C(C)C)N(C)C(=O)OCc1ccc(NC(=O)[C@H](CCCNC(N)=O)NC(=O)[C@@H](NC(=O)CCCCCN2C(=O)C=CC2=O)C(C)C)cc1)C(=O)N(C)[C@@H]([C@@H](C)CC)[C@@H](CC(=O)N1CCC[C@H]1[C@H](OC)[C@@H](C)C(=O)N[C@H](C)[C@@H](O)c1ccccc1)OC. The summed E-state index contributed by atoms with van der Waals surface area (Å²) in [6, 6.07) is 3.29. The number of carbonyl (C=O) groups is 11. The molecular formula is C68H105N11O15. The van der Waals surface area contributed by atoms with E-state index in [-0.39, 0.29) is 51.0 Å². The summed E-state index contributed by atoms with van der Waals surface area (Å²) in [5, 5.41) is 26.4. The van der Waals surface area contributed by atoms with Crippen LogP contribution in [0.25, 0.3) is 0 Å². The summed E-state index contributed by atoms with van der Waals surface area (Å²) in [5.41, 5.74) is 6.38. The lowest BCUT2D eigenvalue weighted by molar-refractivity contribution is -0.148. The van der Waals surface area contributed by atoms with Crippen molar-refractivity contribution in [3.05, 3.63) is 77.9 Å². The fourth-order valence-corrected chi connectivity index (χ4v) is 11.7. The van der Waals surface area contributed by atoms with E-state index >= 15 is 4.79 Å². The molecule has 12 amide bonds. The summed E-state index contributed by atoms with van der Waals surface area (Å²) in [4.78, 5) is 153. The van der Waals surface area contributed by atoms with Crippen molar-refractivity contribution < 1.29 is 83.0 Å². The van der Waals surface area contributed by atoms with Gasteiger partial charge in [0.15, 0.2) is 0 Å². The number of hydrogen-bond acceptors (Lipinski definition) is 15. The summed E-state index contributed by atoms with van der Waals surface area (Å²) in [6.07, 6.45) is 0.448. The van der Waals surface area contributed by atoms with E-state index in [9.17, 15) is 55.8 Å². The van der Waals surface area contributed by atoms with Gasteiger partial charge in [-0.2, -0.15) is 0 Å². The number of anilines is 1. The third-order valence-electron chi connectivity index (χ3n) is 17.2. The van der Waals surface area contributed by atoms with Crippen molar-refractivity contribution >= 4 is 71.0 Å². The number of imide groups is 1. The molecule has 0 spiro atoms. The summed E-state index contributed by atoms with van der Waals surface area (Å²) >= 11 is 0. The number of aliphatic hydroxyl groups is 1. The van der Waals surface area contributed by atoms with E-state index in [1.165, 1.54) is 69.4 Å². The maximum absolute atomic E-state index is 15.4. The molecule has 0 radical (unpaired) electrons. The zero-order valence-electron chi connectivity index (χ0n) is 64.3. The molecule has 1 saturated heterocycles. The Bertz CT molecular complexity index is 3210. The molecule has 0 unspecified atom stereocenters. The first kappa shape index (κ1) is 66.1. The molecular weight excluding hydrogens is 1210 g/mol. The Hall–Kier alpha value is -7.97. The Morgan fingerprint density at radius 2 is 1.44 bits per heavy atom. The summed E-state index contributed by atoms with van der Waals surface area (Å²) in [5.74, 6) is -13.6. The van der Waals surface area contributed by atoms with Gasteiger partial charge in [-0.15, -0.1) is 0 Å². The maximum atomic E-state index is 15.4. The summed E-state index contributed by atoms with van der Waals surface area (Å²) < 4.78 is 87.6. The number of nitrogens with zero attached hydrogens (tertiary/aromatic N) is 4. The molecule has 0 bridgehead atoms. The van der Waals surface area contributed by atoms with Crippen LogP contribution in [0.5, 0.6) is 0 Å². The first-order chi connectivity index (χ1) is 47.6. The molecule has 9 N–H and O–H groups in total. The van der Waals surface area contributed by atoms with Gasteiger partial charge in [-0.3, -0.25) is 53.0 Å². The van der Waals surface area contributed by atoms with Gasteiger partial charge in [0.05, 0.1) is 50.1 Å². The highest BCUT2D eigenvalue weighted by Gasteiger charge is 2.44. The van der Waals surface area contributed by atoms with Crippen LogP contribution in [0.3, 0.4) is 0 Å². The zero-order valence-corrected chi connectivity index (χ0v) is 56.3. The average molecular weight is 1320 g/mol. The molecule has 1 fully saturated rings. The molecule has 12 atom stereocenters. The van der Waals surface area contributed by atoms with Gasteiger partial charge < -0.3 is 66.8 Å². The molecule has 0 aromatic heterocycles. The molecule has 2 aliphatic rings. The first-order valence-corrected chi connectivity index (χ1v) is 32.1. The molecule has 26 heteroatoms. The van der Waals surface area contributed by atoms with Crippen molar-refractivity contribution in [2.45, 2.75) is 200 Å². The molecule has 26 nitrogen and oxygen atoms in total. The minimum absolute atomic E-state index is 0.00824. The van der Waals surface area contributed by atoms with Crippen LogP contribution in [0.15, 0.2) is 66.7 Å². The lowest BCUT2D eigenvalue weighted by Gasteiger charge is -2.41. The number of likely N-dealkylation sites (N-methyl/N-ethyl adjacent to an activating group) is 2. The monoisotopic (exact) mass is 1320 g/mol. The smallest absolute Gasteiger partial charge is 0.410 e. The van der Waals surface area contributed by atoms with Crippen LogP contribution in [0.1, 0.15) is 161 Å². The van der Waals surface area contributed by atoms with Crippen LogP contribution in [0.4, 0.5) is 15.3 Å². The summed E-state index contributed by atoms with van der Waals surface area (Å²) in [7, 11) is 4.91. The molecule has 522 valence electrons. The molecule has 2 aliphatic heterocycles. The number of methoxy groups -OCH3 is 2. The Morgan fingerprint density at radius 3 is 2.02 bits per heavy atom. The van der Waals surface area contributed by atoms with Gasteiger partial charge in [0.1, 0.15) is 30.8 Å². The second kappa shape index (κ2) is 38.4. The van der Waals surface area contributed by atoms with E-state index in [1.807, 2.05) is 5.32 Å². The second-order valence-corrected chi connectivity index (χ2v) is 24.7. The number of nitrogens with two attached hydrogens (primary N) is 1. The summed E-state index contributed by atoms with van der Waals surface area (Å²) in [6.45, 7) is 5.03. The highest BCUT2D eigenvalue weighted by Crippen LogP contribution is 2.31. The number of ether oxygens (including phenoxy) is 3. The highest BCUT2D eigenvalue weighted by molar-refractivity contribution is 6.12. The van der Waals surface area contributed by atoms with Crippen LogP contribution in [0.2, 0.25) is 0 Å². The van der Waals surface area contributed by atoms with Gasteiger partial charge >= 0.3 is 12.1 Å². The van der Waals surface area contributed by atoms with Crippen molar-refractivity contribution in [2.75, 3.05) is 53.3 Å². The number of amides is 12. The minimum atomic E-state index is -4.13. The number of carbonyl (C=O) groups excluding carboxylic acids is 11. The van der Waals surface area contributed by atoms with Gasteiger partial charge in [0.2, 0.25) is 41.4 Å². The maximum Gasteiger partial charge on any atom is 0.410 e. The largest absolute Gasteiger partial charge is 0.445 e. The molecule has 2 aromatic rings. The molecule has 4 rings (SSSR count). The van der Waals surface area contributed by atoms with E-state index in [0.717, 1.165) is 28.8 Å². The molecule has 94 heavy (non-hydrogen) atoms. The Labute approximate surface area is 565 Å². The topological polar surface area (TPSA) is 347 Å². The fourth-order valence-electron chi connectivity index (χ4n) is 11.7. The molecule has 2 heterocycles. The van der Waals surface area contributed by atoms with Crippen LogP contribution < -0.4 is 37.6 Å². The third kappa shape index (κ3) is 22.9. The molecule has 0 saturated carbocycles. The lowest BCUT2D eigenvalue weighted by Crippen LogP contribution is -2.60. The van der Waals surface area contributed by atoms with Gasteiger partial charge in [0.25, 0.3) is 11.8 Å². The van der Waals surface area contributed by atoms with E-state index in [0.29, 0.717) is 43.2 Å². The predicted molar refractivity (Wildman–Crippen MR) is 353 cm³/mol. The van der Waals surface area contributed by atoms with Crippen molar-refractivity contribution in [1.29, 1.82) is 0 Å². The predicted octanol–water partition coefficient (Wildman–Crippen LogP) is 5.08. The van der Waals surface area contributed by atoms with Crippen LogP contribution in [-0.4, -0.2) is 192 Å².